The highest BCUT2D eigenvalue weighted by atomic mass is 79.9. The van der Waals surface area contributed by atoms with Gasteiger partial charge in [0, 0.05) is 34.6 Å². The van der Waals surface area contributed by atoms with Crippen LogP contribution >= 0.6 is 15.9 Å². The van der Waals surface area contributed by atoms with Crippen molar-refractivity contribution in [3.8, 4) is 22.9 Å². The molecule has 0 amide bonds. The van der Waals surface area contributed by atoms with Crippen molar-refractivity contribution in [2.75, 3.05) is 0 Å². The number of hydrogen-bond acceptors (Lipinski definition) is 6. The van der Waals surface area contributed by atoms with Gasteiger partial charge in [0.1, 0.15) is 0 Å². The molecule has 2 aromatic heterocycles. The van der Waals surface area contributed by atoms with Gasteiger partial charge in [-0.3, -0.25) is 15.1 Å². The Kier molecular flexibility index (Phi) is 3.44. The van der Waals surface area contributed by atoms with Crippen LogP contribution in [0.5, 0.6) is 0 Å². The lowest BCUT2D eigenvalue weighted by Gasteiger charge is -1.96. The van der Waals surface area contributed by atoms with Gasteiger partial charge >= 0.3 is 0 Å². The van der Waals surface area contributed by atoms with Crippen LogP contribution in [-0.4, -0.2) is 20.1 Å². The molecule has 2 heterocycles. The molecule has 0 spiro atoms. The van der Waals surface area contributed by atoms with E-state index in [4.69, 9.17) is 4.42 Å². The summed E-state index contributed by atoms with van der Waals surface area (Å²) >= 11 is 3.32. The van der Waals surface area contributed by atoms with Gasteiger partial charge in [0.25, 0.3) is 5.69 Å². The van der Waals surface area contributed by atoms with Gasteiger partial charge in [-0.05, 0) is 34.1 Å². The molecule has 3 rings (SSSR count). The van der Waals surface area contributed by atoms with E-state index in [2.05, 4.69) is 31.1 Å². The molecule has 0 unspecified atom stereocenters. The highest BCUT2D eigenvalue weighted by molar-refractivity contribution is 9.10. The number of aromatic nitrogens is 3. The zero-order valence-corrected chi connectivity index (χ0v) is 12.0. The van der Waals surface area contributed by atoms with Crippen LogP contribution in [0.15, 0.2) is 51.6 Å². The average molecular weight is 347 g/mol. The Labute approximate surface area is 126 Å². The van der Waals surface area contributed by atoms with Crippen molar-refractivity contribution in [3.63, 3.8) is 0 Å². The maximum atomic E-state index is 10.6. The topological polar surface area (TPSA) is 95.0 Å². The van der Waals surface area contributed by atoms with Crippen LogP contribution < -0.4 is 0 Å². The third-order valence-corrected chi connectivity index (χ3v) is 3.14. The van der Waals surface area contributed by atoms with Crippen molar-refractivity contribution in [2.45, 2.75) is 0 Å². The van der Waals surface area contributed by atoms with Crippen molar-refractivity contribution in [1.82, 2.24) is 15.2 Å². The van der Waals surface area contributed by atoms with Gasteiger partial charge in [-0.1, -0.05) is 0 Å². The van der Waals surface area contributed by atoms with E-state index >= 15 is 0 Å². The average Bonchev–Trinajstić information content (AvgIpc) is 2.97. The first kappa shape index (κ1) is 13.4. The Morgan fingerprint density at radius 1 is 1.05 bits per heavy atom. The van der Waals surface area contributed by atoms with Crippen molar-refractivity contribution < 1.29 is 9.34 Å². The highest BCUT2D eigenvalue weighted by Gasteiger charge is 2.12. The Bertz CT molecular complexity index is 801. The molecule has 0 fully saturated rings. The first-order valence-corrected chi connectivity index (χ1v) is 6.62. The summed E-state index contributed by atoms with van der Waals surface area (Å²) in [4.78, 5) is 14.2. The van der Waals surface area contributed by atoms with Crippen molar-refractivity contribution in [3.05, 3.63) is 57.3 Å². The maximum Gasteiger partial charge on any atom is 0.269 e. The fourth-order valence-electron chi connectivity index (χ4n) is 1.71. The van der Waals surface area contributed by atoms with Gasteiger partial charge in [0.05, 0.1) is 10.5 Å². The van der Waals surface area contributed by atoms with Crippen LogP contribution in [0.4, 0.5) is 5.69 Å². The largest absolute Gasteiger partial charge is 0.416 e. The van der Waals surface area contributed by atoms with E-state index in [1.165, 1.54) is 12.1 Å². The molecule has 7 nitrogen and oxygen atoms in total. The van der Waals surface area contributed by atoms with Gasteiger partial charge in [0.2, 0.25) is 11.8 Å². The zero-order valence-electron chi connectivity index (χ0n) is 10.4. The van der Waals surface area contributed by atoms with Crippen molar-refractivity contribution >= 4 is 21.6 Å². The summed E-state index contributed by atoms with van der Waals surface area (Å²) in [6.07, 6.45) is 3.26. The summed E-state index contributed by atoms with van der Waals surface area (Å²) < 4.78 is 6.36. The quantitative estimate of drug-likeness (QED) is 0.532. The van der Waals surface area contributed by atoms with E-state index in [0.717, 1.165) is 4.47 Å². The lowest BCUT2D eigenvalue weighted by molar-refractivity contribution is -0.384. The van der Waals surface area contributed by atoms with E-state index in [0.29, 0.717) is 22.9 Å². The van der Waals surface area contributed by atoms with Crippen LogP contribution in [0, 0.1) is 10.1 Å². The Morgan fingerprint density at radius 3 is 2.33 bits per heavy atom. The number of halogens is 1. The first-order chi connectivity index (χ1) is 10.1. The summed E-state index contributed by atoms with van der Waals surface area (Å²) in [5, 5.41) is 18.5. The summed E-state index contributed by atoms with van der Waals surface area (Å²) in [5.74, 6) is 0.622. The summed E-state index contributed by atoms with van der Waals surface area (Å²) in [6, 6.07) is 7.71. The highest BCUT2D eigenvalue weighted by Crippen LogP contribution is 2.26. The number of non-ortho nitro benzene ring substituents is 1. The van der Waals surface area contributed by atoms with Gasteiger partial charge in [-0.15, -0.1) is 10.2 Å². The monoisotopic (exact) mass is 346 g/mol. The maximum absolute atomic E-state index is 10.6. The van der Waals surface area contributed by atoms with Gasteiger partial charge in [-0.25, -0.2) is 0 Å². The molecule has 3 aromatic rings. The minimum atomic E-state index is -0.462. The van der Waals surface area contributed by atoms with E-state index in [1.807, 2.05) is 0 Å². The molecule has 0 aliphatic carbocycles. The molecule has 21 heavy (non-hydrogen) atoms. The minimum Gasteiger partial charge on any atom is -0.416 e. The molecule has 0 saturated carbocycles. The van der Waals surface area contributed by atoms with Crippen molar-refractivity contribution in [1.29, 1.82) is 0 Å². The van der Waals surface area contributed by atoms with Crippen LogP contribution in [0.25, 0.3) is 22.9 Å². The summed E-state index contributed by atoms with van der Waals surface area (Å²) in [7, 11) is 0. The lowest BCUT2D eigenvalue weighted by atomic mass is 10.2. The molecule has 8 heteroatoms. The Hall–Kier alpha value is -2.61. The number of pyridine rings is 1. The molecule has 0 bridgehead atoms. The van der Waals surface area contributed by atoms with Crippen molar-refractivity contribution in [2.24, 2.45) is 0 Å². The van der Waals surface area contributed by atoms with Gasteiger partial charge in [0.15, 0.2) is 0 Å². The molecule has 0 aliphatic heterocycles. The second-order valence-electron chi connectivity index (χ2n) is 4.11. The third-order valence-electron chi connectivity index (χ3n) is 2.70. The zero-order chi connectivity index (χ0) is 14.8. The van der Waals surface area contributed by atoms with Crippen LogP contribution in [0.2, 0.25) is 0 Å². The van der Waals surface area contributed by atoms with E-state index in [9.17, 15) is 10.1 Å². The second kappa shape index (κ2) is 5.41. The molecule has 1 aromatic carbocycles. The molecule has 0 radical (unpaired) electrons. The normalized spacial score (nSPS) is 10.5. The fourth-order valence-corrected chi connectivity index (χ4v) is 2.08. The minimum absolute atomic E-state index is 0.00896. The summed E-state index contributed by atoms with van der Waals surface area (Å²) in [6.45, 7) is 0. The number of benzene rings is 1. The standard InChI is InChI=1S/C13H7BrN4O3/c14-10-5-9(6-15-7-10)13-17-16-12(21-13)8-1-3-11(4-2-8)18(19)20/h1-7H. The van der Waals surface area contributed by atoms with E-state index in [1.54, 1.807) is 30.6 Å². The SMILES string of the molecule is O=[N+]([O-])c1ccc(-c2nnc(-c3cncc(Br)c3)o2)cc1. The molecule has 104 valence electrons. The van der Waals surface area contributed by atoms with Crippen LogP contribution in [0.1, 0.15) is 0 Å². The molecule has 0 N–H and O–H groups in total. The van der Waals surface area contributed by atoms with Gasteiger partial charge in [-0.2, -0.15) is 0 Å². The molecular formula is C13H7BrN4O3. The number of rotatable bonds is 3. The molecule has 0 aliphatic rings. The predicted molar refractivity (Wildman–Crippen MR) is 77.3 cm³/mol. The Morgan fingerprint density at radius 2 is 1.71 bits per heavy atom. The van der Waals surface area contributed by atoms with Gasteiger partial charge < -0.3 is 4.42 Å². The Balaban J connectivity index is 1.93. The van der Waals surface area contributed by atoms with Crippen LogP contribution in [0.3, 0.4) is 0 Å². The second-order valence-corrected chi connectivity index (χ2v) is 5.02. The molecule has 0 saturated heterocycles. The van der Waals surface area contributed by atoms with Crippen LogP contribution in [-0.2, 0) is 0 Å². The number of hydrogen-bond donors (Lipinski definition) is 0. The smallest absolute Gasteiger partial charge is 0.269 e. The lowest BCUT2D eigenvalue weighted by Crippen LogP contribution is -1.87. The molecule has 0 atom stereocenters. The predicted octanol–water partition coefficient (Wildman–Crippen LogP) is 3.47. The first-order valence-electron chi connectivity index (χ1n) is 5.83. The summed E-state index contributed by atoms with van der Waals surface area (Å²) in [5.41, 5.74) is 1.31. The number of nitro groups is 1. The third kappa shape index (κ3) is 2.79. The van der Waals surface area contributed by atoms with E-state index in [-0.39, 0.29) is 5.69 Å². The molecular weight excluding hydrogens is 340 g/mol. The van der Waals surface area contributed by atoms with E-state index < -0.39 is 4.92 Å². The fraction of sp³-hybridized carbons (Fsp3) is 0. The number of nitro benzene ring substituents is 1. The number of nitrogens with zero attached hydrogens (tertiary/aromatic N) is 4.